The summed E-state index contributed by atoms with van der Waals surface area (Å²) in [5, 5.41) is 85.1. The summed E-state index contributed by atoms with van der Waals surface area (Å²) >= 11 is 0. The molecular formula is C106H154F3N13O8. The molecule has 0 unspecified atom stereocenters. The number of tetrazole rings is 1. The van der Waals surface area contributed by atoms with E-state index in [2.05, 4.69) is 97.0 Å². The number of fused-ring (bicyclic) bond motifs is 20. The molecule has 16 aliphatic rings. The Balaban J connectivity index is 0.000000122. The molecular weight excluding hydrogens is 1640 g/mol. The highest BCUT2D eigenvalue weighted by Gasteiger charge is 2.67. The first kappa shape index (κ1) is 95.2. The maximum absolute atomic E-state index is 13.6. The van der Waals surface area contributed by atoms with Crippen LogP contribution in [0.1, 0.15) is 331 Å². The average molecular weight is 1800 g/mol. The molecule has 16 fully saturated rings. The number of alkyl halides is 3. The number of hydrogen-bond donors (Lipinski definition) is 4. The summed E-state index contributed by atoms with van der Waals surface area (Å²) in [7, 11) is 0. The minimum atomic E-state index is -4.49. The number of aliphatic hydroxyl groups is 4. The minimum absolute atomic E-state index is 0.00316. The van der Waals surface area contributed by atoms with Crippen molar-refractivity contribution in [2.75, 3.05) is 0 Å². The van der Waals surface area contributed by atoms with Gasteiger partial charge in [-0.15, -0.1) is 10.2 Å². The molecule has 0 bridgehead atoms. The van der Waals surface area contributed by atoms with Crippen LogP contribution in [0.15, 0.2) is 30.6 Å². The van der Waals surface area contributed by atoms with Gasteiger partial charge < -0.3 is 25.3 Å². The number of ketones is 4. The zero-order valence-electron chi connectivity index (χ0n) is 80.5. The van der Waals surface area contributed by atoms with Gasteiger partial charge in [0.25, 0.3) is 5.82 Å². The Kier molecular flexibility index (Phi) is 26.5. The van der Waals surface area contributed by atoms with E-state index >= 15 is 0 Å². The van der Waals surface area contributed by atoms with E-state index in [4.69, 9.17) is 17.1 Å². The van der Waals surface area contributed by atoms with Gasteiger partial charge in [0.15, 0.2) is 52.6 Å². The van der Waals surface area contributed by atoms with Crippen LogP contribution >= 0.6 is 0 Å². The van der Waals surface area contributed by atoms with Crippen molar-refractivity contribution in [1.29, 1.82) is 10.5 Å². The van der Waals surface area contributed by atoms with Gasteiger partial charge in [0, 0.05) is 42.1 Å². The van der Waals surface area contributed by atoms with E-state index < -0.39 is 34.3 Å². The molecule has 36 atom stereocenters. The van der Waals surface area contributed by atoms with Crippen molar-refractivity contribution in [3.63, 3.8) is 0 Å². The standard InChI is InChI=1S/C27H39F3N2O2.C27H36N4O2.C27H39N3O2.C25H40N4O2/c1-4-16-13-21(22(33)15-32-12-9-23(31-32)27(28,29)30)26(3)11-8-19-18-7-10-25(2,34)14-17(18)5-6-20(19)24(16)26;1-16-11-22(23(32)15-31-24(29-4)12-18(14-28)30-31)27(3)10-8-20-19-7-9-26(2,33)13-17(19)5-6-21(20)25(16)27;1-4-17-13-23(24(31)16-30-12-9-19(15-28)29-30)27(3)11-8-21-20-7-10-26(2,32)14-18(20)5-6-22(21)25(17)27;1-5-16-12-21(22(30)14-29-27-15(2)26-28-29)25(4)11-9-19-18-8-10-24(3,31)13-17(18)6-7-20(19)23(16)25/h9,12,16-21,24,34H,4-8,10-11,13-15H2,1-3H3;12,16-17,19-22,25,33H,5-11,13,15H2,1-3H3;9,12,17-18,20-23,25,32H,4-8,10-11,13-14,16H2,1-3H3;16-21,23,31H,5-14H2,1-4H3/t16-,17-,18+,19-,20-,21-,24+,25-,26-;16-,17-,19+,20-,21-,22-,25+,26-,27-;17-,18-,20+,21-,22-,23-,25+,26-,27-;16-,17-,18+,19-,20-,21-,23+,24-,25-/m1111/s1. The van der Waals surface area contributed by atoms with Crippen LogP contribution < -0.4 is 0 Å². The molecule has 24 heteroatoms. The van der Waals surface area contributed by atoms with Gasteiger partial charge >= 0.3 is 6.18 Å². The normalized spacial score (nSPS) is 45.1. The molecule has 0 aliphatic heterocycles. The van der Waals surface area contributed by atoms with Crippen LogP contribution in [0.2, 0.25) is 0 Å². The first-order chi connectivity index (χ1) is 61.6. The van der Waals surface area contributed by atoms with Crippen molar-refractivity contribution in [2.24, 2.45) is 187 Å². The monoisotopic (exact) mass is 1790 g/mol. The van der Waals surface area contributed by atoms with Crippen molar-refractivity contribution in [2.45, 2.75) is 369 Å². The van der Waals surface area contributed by atoms with Crippen LogP contribution in [0, 0.1) is 224 Å². The lowest BCUT2D eigenvalue weighted by molar-refractivity contribution is -0.142. The van der Waals surface area contributed by atoms with Gasteiger partial charge in [0.1, 0.15) is 18.7 Å². The first-order valence-electron chi connectivity index (χ1n) is 51.7. The number of nitriles is 2. The van der Waals surface area contributed by atoms with Gasteiger partial charge in [0.2, 0.25) is 0 Å². The number of halogens is 3. The zero-order chi connectivity index (χ0) is 92.6. The maximum Gasteiger partial charge on any atom is 0.435 e. The van der Waals surface area contributed by atoms with Gasteiger partial charge in [-0.1, -0.05) is 86.3 Å². The number of aryl methyl sites for hydroxylation is 1. The highest BCUT2D eigenvalue weighted by Crippen LogP contribution is 2.72. The van der Waals surface area contributed by atoms with Crippen LogP contribution in [0.3, 0.4) is 0 Å². The van der Waals surface area contributed by atoms with E-state index in [9.17, 15) is 52.8 Å². The Morgan fingerprint density at radius 2 is 0.792 bits per heavy atom. The maximum atomic E-state index is 13.6. The third-order valence-electron chi connectivity index (χ3n) is 41.3. The Bertz CT molecular complexity index is 4900. The SMILES string of the molecule is CC[C@@H]1C[C@H](C(=O)Cn2ccc(C#N)n2)[C@@]2(C)CC[C@H]3[C@@H](CC[C@@H]4C[C@](C)(O)CC[C@@H]43)[C@H]12.CC[C@@H]1C[C@H](C(=O)Cn2ccc(C(F)(F)F)n2)[C@@]2(C)CC[C@H]3[C@@H](CC[C@@H]4C[C@](C)(O)CC[C@@H]43)[C@H]12.CC[C@@H]1C[C@H](C(=O)Cn2nnc(C)n2)[C@@]2(C)CC[C@H]3[C@@H](CC[C@@H]4C[C@](C)(O)CC[C@@H]43)[C@H]12.[C-]#[N+]c1cc(C#N)nn1CC(=O)[C@H]1C[C@@H](C)[C@H]2[C@@H]3CC[C@@H]4C[C@](C)(O)CC[C@@H]4[C@H]3CC[C@@]21C. The van der Waals surface area contributed by atoms with E-state index in [1.54, 1.807) is 16.9 Å². The van der Waals surface area contributed by atoms with E-state index in [1.807, 2.05) is 40.7 Å². The van der Waals surface area contributed by atoms with Gasteiger partial charge in [-0.05, 0) is 421 Å². The fourth-order valence-electron chi connectivity index (χ4n) is 36.2. The molecule has 21 nitrogen and oxygen atoms in total. The fourth-order valence-corrected chi connectivity index (χ4v) is 36.2. The molecule has 0 radical (unpaired) electrons. The summed E-state index contributed by atoms with van der Waals surface area (Å²) in [5.41, 5.74) is -2.16. The largest absolute Gasteiger partial charge is 0.435 e. The quantitative estimate of drug-likeness (QED) is 0.0804. The summed E-state index contributed by atoms with van der Waals surface area (Å²) in [6, 6.07) is 8.14. The molecule has 16 saturated carbocycles. The second kappa shape index (κ2) is 36.2. The summed E-state index contributed by atoms with van der Waals surface area (Å²) in [5.74, 6) is 18.1. The summed E-state index contributed by atoms with van der Waals surface area (Å²) < 4.78 is 43.1. The number of rotatable bonds is 15. The number of nitrogens with zero attached hydrogens (tertiary/aromatic N) is 13. The molecule has 130 heavy (non-hydrogen) atoms. The van der Waals surface area contributed by atoms with Gasteiger partial charge in [0.05, 0.1) is 35.5 Å². The lowest BCUT2D eigenvalue weighted by Crippen LogP contribution is -2.52. The van der Waals surface area contributed by atoms with E-state index in [0.29, 0.717) is 124 Å². The van der Waals surface area contributed by atoms with E-state index in [1.165, 1.54) is 123 Å². The zero-order valence-corrected chi connectivity index (χ0v) is 80.5. The van der Waals surface area contributed by atoms with Crippen LogP contribution in [-0.2, 0) is 51.5 Å². The molecule has 0 saturated heterocycles. The predicted octanol–water partition coefficient (Wildman–Crippen LogP) is 20.5. The second-order valence-electron chi connectivity index (χ2n) is 48.6. The highest BCUT2D eigenvalue weighted by atomic mass is 19.4. The van der Waals surface area contributed by atoms with Crippen molar-refractivity contribution < 1.29 is 52.8 Å². The number of carbonyl (C=O) groups excluding carboxylic acids is 4. The van der Waals surface area contributed by atoms with Crippen LogP contribution in [0.5, 0.6) is 0 Å². The second-order valence-corrected chi connectivity index (χ2v) is 48.6. The smallest absolute Gasteiger partial charge is 0.390 e. The molecule has 4 heterocycles. The Morgan fingerprint density at radius 1 is 0.446 bits per heavy atom. The number of hydrogen-bond acceptors (Lipinski definition) is 16. The molecule has 0 spiro atoms. The summed E-state index contributed by atoms with van der Waals surface area (Å²) in [4.78, 5) is 59.0. The van der Waals surface area contributed by atoms with Crippen molar-refractivity contribution in [3.05, 3.63) is 64.9 Å². The van der Waals surface area contributed by atoms with Gasteiger partial charge in [-0.25, -0.2) is 0 Å². The third-order valence-corrected chi connectivity index (χ3v) is 41.3. The molecule has 0 amide bonds. The molecule has 0 aromatic carbocycles. The van der Waals surface area contributed by atoms with Crippen molar-refractivity contribution in [3.8, 4) is 12.1 Å². The summed E-state index contributed by atoms with van der Waals surface area (Å²) in [6.45, 7) is 36.6. The first-order valence-corrected chi connectivity index (χ1v) is 51.7. The lowest BCUT2D eigenvalue weighted by atomic mass is 9.48. The van der Waals surface area contributed by atoms with Crippen molar-refractivity contribution >= 4 is 29.0 Å². The van der Waals surface area contributed by atoms with Crippen LogP contribution in [0.4, 0.5) is 19.0 Å². The molecule has 16 aliphatic carbocycles. The third kappa shape index (κ3) is 17.8. The number of Topliss-reactive ketones (excluding diaryl/α,β-unsaturated/α-hetero) is 4. The molecule has 4 N–H and O–H groups in total. The molecule has 4 aromatic rings. The Hall–Kier alpha value is -6.52. The average Bonchev–Trinajstić information content (AvgIpc) is 1.57. The van der Waals surface area contributed by atoms with Gasteiger partial charge in [-0.3, -0.25) is 28.5 Å². The molecule has 4 aromatic heterocycles. The van der Waals surface area contributed by atoms with E-state index in [-0.39, 0.29) is 88.0 Å². The van der Waals surface area contributed by atoms with Crippen LogP contribution in [-0.4, -0.2) is 116 Å². The molecule has 712 valence electrons. The van der Waals surface area contributed by atoms with Crippen LogP contribution in [0.25, 0.3) is 4.85 Å². The van der Waals surface area contributed by atoms with E-state index in [0.717, 1.165) is 182 Å². The highest BCUT2D eigenvalue weighted by molar-refractivity contribution is 5.84. The summed E-state index contributed by atoms with van der Waals surface area (Å²) in [6.07, 6.45) is 37.2. The number of carbonyl (C=O) groups is 4. The van der Waals surface area contributed by atoms with Crippen molar-refractivity contribution in [1.82, 2.24) is 49.5 Å². The Labute approximate surface area is 771 Å². The predicted molar refractivity (Wildman–Crippen MR) is 487 cm³/mol. The lowest BCUT2D eigenvalue weighted by Gasteiger charge is -2.57. The van der Waals surface area contributed by atoms with Gasteiger partial charge in [-0.2, -0.15) is 43.4 Å². The fraction of sp³-hybridized carbons (Fsp3) is 0.840. The minimum Gasteiger partial charge on any atom is -0.390 e. The molecule has 20 rings (SSSR count). The Morgan fingerprint density at radius 3 is 1.14 bits per heavy atom. The number of aromatic nitrogens is 10. The topological polar surface area (TPSA) is 298 Å².